The third-order valence-electron chi connectivity index (χ3n) is 4.36. The first-order valence-electron chi connectivity index (χ1n) is 8.59. The zero-order valence-electron chi connectivity index (χ0n) is 14.7. The van der Waals surface area contributed by atoms with Crippen molar-refractivity contribution in [3.8, 4) is 11.7 Å². The van der Waals surface area contributed by atoms with Gasteiger partial charge in [0.2, 0.25) is 5.88 Å². The first-order valence-corrected chi connectivity index (χ1v) is 10.8. The van der Waals surface area contributed by atoms with E-state index in [-0.39, 0.29) is 6.10 Å². The van der Waals surface area contributed by atoms with Crippen molar-refractivity contribution in [2.45, 2.75) is 30.1 Å². The lowest BCUT2D eigenvalue weighted by atomic mass is 10.1. The number of hydrogen-bond donors (Lipinski definition) is 0. The van der Waals surface area contributed by atoms with Crippen LogP contribution in [0.5, 0.6) is 5.88 Å². The molecular weight excluding hydrogens is 386 g/mol. The van der Waals surface area contributed by atoms with Gasteiger partial charge >= 0.3 is 0 Å². The van der Waals surface area contributed by atoms with Gasteiger partial charge in [-0.05, 0) is 44.0 Å². The van der Waals surface area contributed by atoms with Gasteiger partial charge in [0.1, 0.15) is 10.3 Å². The molecule has 3 aromatic heterocycles. The number of aromatic nitrogens is 4. The molecule has 4 heterocycles. The molecule has 1 aliphatic rings. The standard InChI is InChI=1S/C17H19N5O3S2/c1-13-3-6-17(26-13)27(23,24)21-11-7-14(8-12-21)25-16-5-4-15(19-20-16)22-10-2-9-18-22/h2-6,9-10,14H,7-8,11-12H2,1H3. The van der Waals surface area contributed by atoms with Gasteiger partial charge in [-0.3, -0.25) is 0 Å². The topological polar surface area (TPSA) is 90.2 Å². The summed E-state index contributed by atoms with van der Waals surface area (Å²) in [7, 11) is -3.41. The van der Waals surface area contributed by atoms with E-state index in [0.717, 1.165) is 4.88 Å². The Morgan fingerprint density at radius 1 is 1.15 bits per heavy atom. The molecule has 10 heteroatoms. The Bertz CT molecular complexity index is 992. The minimum absolute atomic E-state index is 0.0774. The number of rotatable bonds is 5. The molecule has 0 spiro atoms. The lowest BCUT2D eigenvalue weighted by molar-refractivity contribution is 0.128. The van der Waals surface area contributed by atoms with Crippen molar-refractivity contribution in [3.63, 3.8) is 0 Å². The smallest absolute Gasteiger partial charge is 0.252 e. The summed E-state index contributed by atoms with van der Waals surface area (Å²) in [6.07, 6.45) is 4.62. The average Bonchev–Trinajstić information content (AvgIpc) is 3.35. The third kappa shape index (κ3) is 3.87. The Kier molecular flexibility index (Phi) is 4.94. The molecule has 0 N–H and O–H groups in total. The Labute approximate surface area is 161 Å². The zero-order valence-corrected chi connectivity index (χ0v) is 16.4. The maximum atomic E-state index is 12.7. The Hall–Kier alpha value is -2.30. The number of piperidine rings is 1. The lowest BCUT2D eigenvalue weighted by Gasteiger charge is -2.30. The molecule has 0 radical (unpaired) electrons. The Morgan fingerprint density at radius 2 is 1.96 bits per heavy atom. The van der Waals surface area contributed by atoms with Crippen LogP contribution in [0.25, 0.3) is 5.82 Å². The fourth-order valence-corrected chi connectivity index (χ4v) is 5.85. The van der Waals surface area contributed by atoms with Gasteiger partial charge in [-0.15, -0.1) is 21.5 Å². The zero-order chi connectivity index (χ0) is 18.9. The summed E-state index contributed by atoms with van der Waals surface area (Å²) in [6, 6.07) is 8.86. The van der Waals surface area contributed by atoms with Crippen molar-refractivity contribution in [2.24, 2.45) is 0 Å². The summed E-state index contributed by atoms with van der Waals surface area (Å²) in [6.45, 7) is 2.77. The van der Waals surface area contributed by atoms with Crippen molar-refractivity contribution in [2.75, 3.05) is 13.1 Å². The number of sulfonamides is 1. The van der Waals surface area contributed by atoms with Gasteiger partial charge in [-0.1, -0.05) is 0 Å². The van der Waals surface area contributed by atoms with Gasteiger partial charge in [0.15, 0.2) is 5.82 Å². The van der Waals surface area contributed by atoms with E-state index >= 15 is 0 Å². The van der Waals surface area contributed by atoms with Crippen LogP contribution in [0.4, 0.5) is 0 Å². The quantitative estimate of drug-likeness (QED) is 0.647. The third-order valence-corrected chi connectivity index (χ3v) is 7.73. The minimum atomic E-state index is -3.41. The minimum Gasteiger partial charge on any atom is -0.473 e. The second-order valence-corrected chi connectivity index (χ2v) is 9.72. The highest BCUT2D eigenvalue weighted by Gasteiger charge is 2.31. The summed E-state index contributed by atoms with van der Waals surface area (Å²) < 4.78 is 34.8. The fourth-order valence-electron chi connectivity index (χ4n) is 2.94. The van der Waals surface area contributed by atoms with Crippen molar-refractivity contribution < 1.29 is 13.2 Å². The molecule has 1 fully saturated rings. The summed E-state index contributed by atoms with van der Waals surface area (Å²) in [5.74, 6) is 1.04. The molecule has 3 aromatic rings. The number of hydrogen-bond acceptors (Lipinski definition) is 7. The van der Waals surface area contributed by atoms with Gasteiger partial charge in [0.05, 0.1) is 0 Å². The molecule has 0 aliphatic carbocycles. The SMILES string of the molecule is Cc1ccc(S(=O)(=O)N2CCC(Oc3ccc(-n4cccn4)nn3)CC2)s1. The van der Waals surface area contributed by atoms with Crippen LogP contribution in [0.2, 0.25) is 0 Å². The van der Waals surface area contributed by atoms with Crippen molar-refractivity contribution in [1.82, 2.24) is 24.3 Å². The van der Waals surface area contributed by atoms with Crippen LogP contribution in [0.3, 0.4) is 0 Å². The lowest BCUT2D eigenvalue weighted by Crippen LogP contribution is -2.41. The van der Waals surface area contributed by atoms with Crippen LogP contribution < -0.4 is 4.74 Å². The predicted molar refractivity (Wildman–Crippen MR) is 101 cm³/mol. The van der Waals surface area contributed by atoms with Crippen LogP contribution >= 0.6 is 11.3 Å². The molecule has 0 bridgehead atoms. The van der Waals surface area contributed by atoms with E-state index in [1.165, 1.54) is 15.6 Å². The fraction of sp³-hybridized carbons (Fsp3) is 0.353. The molecule has 8 nitrogen and oxygen atoms in total. The number of aryl methyl sites for hydroxylation is 1. The molecular formula is C17H19N5O3S2. The van der Waals surface area contributed by atoms with E-state index in [0.29, 0.717) is 41.8 Å². The highest BCUT2D eigenvalue weighted by molar-refractivity contribution is 7.91. The molecule has 0 atom stereocenters. The molecule has 0 saturated carbocycles. The largest absolute Gasteiger partial charge is 0.473 e. The predicted octanol–water partition coefficient (Wildman–Crippen LogP) is 2.26. The molecule has 1 saturated heterocycles. The van der Waals surface area contributed by atoms with Crippen molar-refractivity contribution >= 4 is 21.4 Å². The second-order valence-electron chi connectivity index (χ2n) is 6.27. The summed E-state index contributed by atoms with van der Waals surface area (Å²) in [5, 5.41) is 12.3. The van der Waals surface area contributed by atoms with Crippen molar-refractivity contribution in [3.05, 3.63) is 47.6 Å². The van der Waals surface area contributed by atoms with Gasteiger partial charge < -0.3 is 4.74 Å². The summed E-state index contributed by atoms with van der Waals surface area (Å²) in [4.78, 5) is 0.990. The van der Waals surface area contributed by atoms with Crippen molar-refractivity contribution in [1.29, 1.82) is 0 Å². The number of thiophene rings is 1. The Morgan fingerprint density at radius 3 is 2.56 bits per heavy atom. The first-order chi connectivity index (χ1) is 13.0. The van der Waals surface area contributed by atoms with E-state index in [1.54, 1.807) is 35.3 Å². The van der Waals surface area contributed by atoms with E-state index < -0.39 is 10.0 Å². The van der Waals surface area contributed by atoms with Gasteiger partial charge in [0.25, 0.3) is 10.0 Å². The maximum absolute atomic E-state index is 12.7. The Balaban J connectivity index is 1.35. The van der Waals surface area contributed by atoms with Crippen LogP contribution in [-0.2, 0) is 10.0 Å². The number of ether oxygens (including phenoxy) is 1. The highest BCUT2D eigenvalue weighted by Crippen LogP contribution is 2.27. The normalized spacial score (nSPS) is 16.5. The van der Waals surface area contributed by atoms with Crippen LogP contribution in [0.15, 0.2) is 46.9 Å². The van der Waals surface area contributed by atoms with Gasteiger partial charge in [-0.25, -0.2) is 13.1 Å². The van der Waals surface area contributed by atoms with Crippen LogP contribution in [0.1, 0.15) is 17.7 Å². The van der Waals surface area contributed by atoms with Gasteiger partial charge in [0, 0.05) is 36.4 Å². The molecule has 142 valence electrons. The molecule has 0 unspecified atom stereocenters. The monoisotopic (exact) mass is 405 g/mol. The molecule has 0 amide bonds. The average molecular weight is 406 g/mol. The van der Waals surface area contributed by atoms with E-state index in [9.17, 15) is 8.42 Å². The molecule has 0 aromatic carbocycles. The van der Waals surface area contributed by atoms with Gasteiger partial charge in [-0.2, -0.15) is 9.40 Å². The van der Waals surface area contributed by atoms with E-state index in [4.69, 9.17) is 4.74 Å². The van der Waals surface area contributed by atoms with Crippen LogP contribution in [0, 0.1) is 6.92 Å². The summed E-state index contributed by atoms with van der Waals surface area (Å²) in [5.41, 5.74) is 0. The molecule has 1 aliphatic heterocycles. The van der Waals surface area contributed by atoms with Crippen LogP contribution in [-0.4, -0.2) is 51.9 Å². The maximum Gasteiger partial charge on any atom is 0.252 e. The second kappa shape index (κ2) is 7.37. The molecule has 27 heavy (non-hydrogen) atoms. The first kappa shape index (κ1) is 18.1. The van der Waals surface area contributed by atoms with E-state index in [2.05, 4.69) is 15.3 Å². The molecule has 4 rings (SSSR count). The van der Waals surface area contributed by atoms with E-state index in [1.807, 2.05) is 19.1 Å². The summed E-state index contributed by atoms with van der Waals surface area (Å²) >= 11 is 1.31. The number of nitrogens with zero attached hydrogens (tertiary/aromatic N) is 5. The highest BCUT2D eigenvalue weighted by atomic mass is 32.2.